The number of methoxy groups -OCH3 is 1. The summed E-state index contributed by atoms with van der Waals surface area (Å²) in [6.07, 6.45) is 1.84. The zero-order valence-corrected chi connectivity index (χ0v) is 18.1. The summed E-state index contributed by atoms with van der Waals surface area (Å²) in [4.78, 5) is 28.7. The number of thioether (sulfide) groups is 1. The number of nitrogens with one attached hydrogen (secondary N) is 1. The van der Waals surface area contributed by atoms with Gasteiger partial charge in [-0.15, -0.1) is 0 Å². The number of nitrogens with zero attached hydrogens (tertiary/aromatic N) is 1. The van der Waals surface area contributed by atoms with Crippen molar-refractivity contribution < 1.29 is 14.3 Å². The van der Waals surface area contributed by atoms with Gasteiger partial charge in [-0.2, -0.15) is 0 Å². The van der Waals surface area contributed by atoms with Crippen LogP contribution in [0.5, 0.6) is 5.75 Å². The predicted octanol–water partition coefficient (Wildman–Crippen LogP) is 4.73. The Morgan fingerprint density at radius 2 is 1.81 bits per heavy atom. The number of hydrogen-bond donors (Lipinski definition) is 1. The van der Waals surface area contributed by atoms with Crippen molar-refractivity contribution in [1.82, 2.24) is 5.32 Å². The second-order valence-electron chi connectivity index (χ2n) is 7.07. The molecule has 6 heteroatoms. The molecular weight excluding hydrogens is 408 g/mol. The molecule has 0 bridgehead atoms. The van der Waals surface area contributed by atoms with Gasteiger partial charge in [-0.25, -0.2) is 0 Å². The lowest BCUT2D eigenvalue weighted by atomic mass is 10.1. The Morgan fingerprint density at radius 3 is 2.58 bits per heavy atom. The lowest BCUT2D eigenvalue weighted by molar-refractivity contribution is -0.114. The number of para-hydroxylation sites is 1. The molecule has 0 atom stereocenters. The molecule has 4 rings (SSSR count). The highest BCUT2D eigenvalue weighted by molar-refractivity contribution is 8.04. The molecular formula is C25H22N2O3S. The molecule has 3 aromatic carbocycles. The smallest absolute Gasteiger partial charge is 0.264 e. The van der Waals surface area contributed by atoms with Crippen LogP contribution in [0.4, 0.5) is 5.69 Å². The molecule has 0 radical (unpaired) electrons. The summed E-state index contributed by atoms with van der Waals surface area (Å²) in [5.41, 5.74) is 3.11. The first-order valence-electron chi connectivity index (χ1n) is 9.83. The Balaban J connectivity index is 1.56. The number of fused-ring (bicyclic) bond motifs is 1. The summed E-state index contributed by atoms with van der Waals surface area (Å²) in [6.45, 7) is 0.450. The van der Waals surface area contributed by atoms with E-state index in [0.29, 0.717) is 22.8 Å². The molecule has 5 nitrogen and oxygen atoms in total. The first kappa shape index (κ1) is 20.8. The summed E-state index contributed by atoms with van der Waals surface area (Å²) >= 11 is 1.40. The van der Waals surface area contributed by atoms with Gasteiger partial charge < -0.3 is 15.0 Å². The molecule has 0 unspecified atom stereocenters. The average molecular weight is 431 g/mol. The number of hydrogen-bond acceptors (Lipinski definition) is 4. The largest absolute Gasteiger partial charge is 0.496 e. The maximum atomic E-state index is 13.0. The number of ether oxygens (including phenoxy) is 1. The summed E-state index contributed by atoms with van der Waals surface area (Å²) in [6, 6.07) is 22.8. The minimum Gasteiger partial charge on any atom is -0.496 e. The molecule has 0 aromatic heterocycles. The van der Waals surface area contributed by atoms with E-state index in [4.69, 9.17) is 4.74 Å². The van der Waals surface area contributed by atoms with E-state index in [2.05, 4.69) is 5.32 Å². The molecule has 1 N–H and O–H groups in total. The molecule has 1 heterocycles. The minimum absolute atomic E-state index is 0.120. The molecule has 0 saturated carbocycles. The van der Waals surface area contributed by atoms with Crippen LogP contribution >= 0.6 is 11.8 Å². The van der Waals surface area contributed by atoms with Gasteiger partial charge >= 0.3 is 0 Å². The van der Waals surface area contributed by atoms with Crippen LogP contribution in [0, 0.1) is 0 Å². The van der Waals surface area contributed by atoms with Crippen molar-refractivity contribution in [3.8, 4) is 5.75 Å². The van der Waals surface area contributed by atoms with Crippen LogP contribution in [0.3, 0.4) is 0 Å². The Labute approximate surface area is 185 Å². The maximum Gasteiger partial charge on any atom is 0.264 e. The number of likely N-dealkylation sites (N-methyl/N-ethyl adjacent to an activating group) is 1. The zero-order chi connectivity index (χ0) is 21.8. The number of anilines is 1. The molecule has 2 amide bonds. The van der Waals surface area contributed by atoms with Crippen molar-refractivity contribution in [3.63, 3.8) is 0 Å². The van der Waals surface area contributed by atoms with Crippen molar-refractivity contribution in [1.29, 1.82) is 0 Å². The number of rotatable bonds is 5. The summed E-state index contributed by atoms with van der Waals surface area (Å²) in [5, 5.41) is 2.93. The third kappa shape index (κ3) is 4.49. The molecule has 1 aliphatic heterocycles. The maximum absolute atomic E-state index is 13.0. The first-order chi connectivity index (χ1) is 15.1. The van der Waals surface area contributed by atoms with E-state index >= 15 is 0 Å². The van der Waals surface area contributed by atoms with Gasteiger partial charge in [0.2, 0.25) is 0 Å². The van der Waals surface area contributed by atoms with Gasteiger partial charge in [-0.05, 0) is 35.9 Å². The Hall–Kier alpha value is -3.51. The third-order valence-corrected chi connectivity index (χ3v) is 6.12. The Morgan fingerprint density at radius 1 is 1.06 bits per heavy atom. The third-order valence-electron chi connectivity index (χ3n) is 5.04. The molecule has 1 aliphatic rings. The van der Waals surface area contributed by atoms with Crippen LogP contribution in [0.2, 0.25) is 0 Å². The lowest BCUT2D eigenvalue weighted by Crippen LogP contribution is -2.31. The van der Waals surface area contributed by atoms with Gasteiger partial charge in [0.15, 0.2) is 0 Å². The van der Waals surface area contributed by atoms with E-state index in [1.807, 2.05) is 66.7 Å². The van der Waals surface area contributed by atoms with Crippen molar-refractivity contribution in [3.05, 3.63) is 94.4 Å². The van der Waals surface area contributed by atoms with Gasteiger partial charge in [-0.1, -0.05) is 60.3 Å². The van der Waals surface area contributed by atoms with E-state index < -0.39 is 0 Å². The number of amides is 2. The second-order valence-corrected chi connectivity index (χ2v) is 8.15. The van der Waals surface area contributed by atoms with Gasteiger partial charge in [0.1, 0.15) is 5.75 Å². The molecule has 31 heavy (non-hydrogen) atoms. The van der Waals surface area contributed by atoms with Crippen molar-refractivity contribution >= 4 is 35.3 Å². The fraction of sp³-hybridized carbons (Fsp3) is 0.120. The van der Waals surface area contributed by atoms with Crippen LogP contribution in [0.25, 0.3) is 6.08 Å². The quantitative estimate of drug-likeness (QED) is 0.595. The predicted molar refractivity (Wildman–Crippen MR) is 124 cm³/mol. The Kier molecular flexibility index (Phi) is 6.09. The number of carbonyl (C=O) groups is 2. The minimum atomic E-state index is -0.173. The average Bonchev–Trinajstić information content (AvgIpc) is 2.81. The van der Waals surface area contributed by atoms with Crippen LogP contribution in [0.15, 0.2) is 82.6 Å². The molecule has 156 valence electrons. The van der Waals surface area contributed by atoms with Crippen LogP contribution in [0.1, 0.15) is 21.5 Å². The standard InChI is InChI=1S/C25H22N2O3S/c1-27-20-14-19(24(28)26-16-17-8-4-3-5-9-17)12-13-22(20)31-23(25(27)29)15-18-10-6-7-11-21(18)30-2/h3-15H,16H2,1-2H3,(H,26,28)/b23-15+. The highest BCUT2D eigenvalue weighted by atomic mass is 32.2. The normalized spacial score (nSPS) is 14.3. The van der Waals surface area contributed by atoms with Gasteiger partial charge in [0, 0.05) is 29.6 Å². The fourth-order valence-electron chi connectivity index (χ4n) is 3.34. The van der Waals surface area contributed by atoms with Crippen molar-refractivity contribution in [2.75, 3.05) is 19.1 Å². The number of benzene rings is 3. The highest BCUT2D eigenvalue weighted by Crippen LogP contribution is 2.42. The van der Waals surface area contributed by atoms with Gasteiger partial charge in [0.25, 0.3) is 11.8 Å². The highest BCUT2D eigenvalue weighted by Gasteiger charge is 2.27. The fourth-order valence-corrected chi connectivity index (χ4v) is 4.43. The van der Waals surface area contributed by atoms with E-state index in [9.17, 15) is 9.59 Å². The summed E-state index contributed by atoms with van der Waals surface area (Å²) in [5.74, 6) is 0.417. The SMILES string of the molecule is COc1ccccc1/C=C1/Sc2ccc(C(=O)NCc3ccccc3)cc2N(C)C1=O. The van der Waals surface area contributed by atoms with E-state index in [-0.39, 0.29) is 11.8 Å². The first-order valence-corrected chi connectivity index (χ1v) is 10.7. The van der Waals surface area contributed by atoms with Crippen molar-refractivity contribution in [2.45, 2.75) is 11.4 Å². The van der Waals surface area contributed by atoms with Gasteiger partial charge in [0.05, 0.1) is 17.7 Å². The van der Waals surface area contributed by atoms with E-state index in [0.717, 1.165) is 21.7 Å². The molecule has 0 aliphatic carbocycles. The molecule has 0 spiro atoms. The van der Waals surface area contributed by atoms with E-state index in [1.54, 1.807) is 31.2 Å². The summed E-state index contributed by atoms with van der Waals surface area (Å²) in [7, 11) is 3.33. The molecule has 0 fully saturated rings. The molecule has 0 saturated heterocycles. The second kappa shape index (κ2) is 9.10. The molecule has 3 aromatic rings. The Bertz CT molecular complexity index is 1160. The summed E-state index contributed by atoms with van der Waals surface area (Å²) < 4.78 is 5.39. The van der Waals surface area contributed by atoms with Crippen LogP contribution in [-0.2, 0) is 11.3 Å². The van der Waals surface area contributed by atoms with Crippen LogP contribution in [-0.4, -0.2) is 26.0 Å². The lowest BCUT2D eigenvalue weighted by Gasteiger charge is -2.27. The van der Waals surface area contributed by atoms with E-state index in [1.165, 1.54) is 11.8 Å². The van der Waals surface area contributed by atoms with Gasteiger partial charge in [-0.3, -0.25) is 9.59 Å². The topological polar surface area (TPSA) is 58.6 Å². The van der Waals surface area contributed by atoms with Crippen LogP contribution < -0.4 is 15.0 Å². The monoisotopic (exact) mass is 430 g/mol. The van der Waals surface area contributed by atoms with Crippen molar-refractivity contribution in [2.24, 2.45) is 0 Å². The zero-order valence-electron chi connectivity index (χ0n) is 17.3. The number of carbonyl (C=O) groups excluding carboxylic acids is 2.